The van der Waals surface area contributed by atoms with Crippen LogP contribution in [-0.4, -0.2) is 24.8 Å². The van der Waals surface area contributed by atoms with E-state index in [0.717, 1.165) is 6.20 Å². The van der Waals surface area contributed by atoms with E-state index in [1.54, 1.807) is 0 Å². The summed E-state index contributed by atoms with van der Waals surface area (Å²) in [4.78, 5) is 3.66. The Hall–Kier alpha value is -1.30. The fourth-order valence-corrected chi connectivity index (χ4v) is 1.20. The normalized spacial score (nSPS) is 13.7. The topological polar surface area (TPSA) is 48.1 Å². The van der Waals surface area contributed by atoms with Gasteiger partial charge in [0.05, 0.1) is 19.2 Å². The van der Waals surface area contributed by atoms with E-state index >= 15 is 0 Å². The molecule has 0 spiro atoms. The number of hydrogen-bond donors (Lipinski definition) is 1. The summed E-state index contributed by atoms with van der Waals surface area (Å²) in [5, 5.41) is 0. The lowest BCUT2D eigenvalue weighted by Gasteiger charge is -2.18. The molecule has 1 aromatic heterocycles. The van der Waals surface area contributed by atoms with Crippen LogP contribution >= 0.6 is 0 Å². The highest BCUT2D eigenvalue weighted by molar-refractivity contribution is 5.27. The highest BCUT2D eigenvalue weighted by Gasteiger charge is 2.39. The zero-order chi connectivity index (χ0) is 11.5. The van der Waals surface area contributed by atoms with Crippen LogP contribution in [0.3, 0.4) is 0 Å². The number of pyridine rings is 1. The summed E-state index contributed by atoms with van der Waals surface area (Å²) in [6.45, 7) is -0.502. The number of hydrogen-bond acceptors (Lipinski definition) is 3. The molecule has 3 nitrogen and oxygen atoms in total. The van der Waals surface area contributed by atoms with Gasteiger partial charge in [0, 0.05) is 12.7 Å². The lowest BCUT2D eigenvalue weighted by Crippen LogP contribution is -2.28. The average molecular weight is 220 g/mol. The van der Waals surface area contributed by atoms with E-state index in [1.807, 2.05) is 0 Å². The number of nitrogens with two attached hydrogens (primary N) is 1. The van der Waals surface area contributed by atoms with E-state index in [-0.39, 0.29) is 11.3 Å². The molecular weight excluding hydrogens is 209 g/mol. The molecule has 84 valence electrons. The molecule has 1 atom stereocenters. The first-order valence-corrected chi connectivity index (χ1v) is 4.24. The molecule has 15 heavy (non-hydrogen) atoms. The van der Waals surface area contributed by atoms with E-state index in [2.05, 4.69) is 4.98 Å². The number of rotatable bonds is 3. The van der Waals surface area contributed by atoms with Crippen molar-refractivity contribution in [2.24, 2.45) is 5.73 Å². The monoisotopic (exact) mass is 220 g/mol. The van der Waals surface area contributed by atoms with E-state index in [4.69, 9.17) is 10.5 Å². The molecule has 0 fully saturated rings. The van der Waals surface area contributed by atoms with Gasteiger partial charge in [0.1, 0.15) is 5.75 Å². The largest absolute Gasteiger partial charge is 0.495 e. The van der Waals surface area contributed by atoms with Gasteiger partial charge in [0.15, 0.2) is 0 Å². The summed E-state index contributed by atoms with van der Waals surface area (Å²) in [7, 11) is 1.37. The first kappa shape index (κ1) is 11.8. The highest BCUT2D eigenvalue weighted by atomic mass is 19.4. The van der Waals surface area contributed by atoms with Gasteiger partial charge in [-0.1, -0.05) is 0 Å². The summed E-state index contributed by atoms with van der Waals surface area (Å²) in [6.07, 6.45) is -1.87. The van der Waals surface area contributed by atoms with Gasteiger partial charge in [-0.3, -0.25) is 4.98 Å². The maximum atomic E-state index is 12.5. The zero-order valence-electron chi connectivity index (χ0n) is 8.08. The minimum atomic E-state index is -4.36. The molecule has 0 saturated carbocycles. The molecule has 0 aliphatic carbocycles. The number of alkyl halides is 3. The van der Waals surface area contributed by atoms with Crippen LogP contribution in [0.1, 0.15) is 11.5 Å². The minimum absolute atomic E-state index is 0.0179. The molecule has 0 saturated heterocycles. The van der Waals surface area contributed by atoms with E-state index in [1.165, 1.54) is 19.4 Å². The zero-order valence-corrected chi connectivity index (χ0v) is 8.08. The fraction of sp³-hybridized carbons (Fsp3) is 0.444. The van der Waals surface area contributed by atoms with Crippen molar-refractivity contribution in [1.29, 1.82) is 0 Å². The van der Waals surface area contributed by atoms with Crippen LogP contribution in [0, 0.1) is 0 Å². The third-order valence-corrected chi connectivity index (χ3v) is 2.00. The standard InChI is InChI=1S/C9H11F3N2O/c1-15-7-2-6(4-14-5-7)8(3-13)9(10,11)12/h2,4-5,8H,3,13H2,1H3. The lowest BCUT2D eigenvalue weighted by atomic mass is 10.0. The Labute approximate surface area is 85.1 Å². The van der Waals surface area contributed by atoms with Gasteiger partial charge in [-0.15, -0.1) is 0 Å². The molecule has 2 N–H and O–H groups in total. The van der Waals surface area contributed by atoms with Gasteiger partial charge in [-0.2, -0.15) is 13.2 Å². The maximum Gasteiger partial charge on any atom is 0.397 e. The fourth-order valence-electron chi connectivity index (χ4n) is 1.20. The van der Waals surface area contributed by atoms with Gasteiger partial charge >= 0.3 is 6.18 Å². The molecule has 1 heterocycles. The maximum absolute atomic E-state index is 12.5. The number of methoxy groups -OCH3 is 1. The van der Waals surface area contributed by atoms with Gasteiger partial charge in [0.25, 0.3) is 0 Å². The second-order valence-corrected chi connectivity index (χ2v) is 2.99. The van der Waals surface area contributed by atoms with Crippen LogP contribution in [-0.2, 0) is 0 Å². The molecule has 0 aliphatic heterocycles. The molecule has 0 aliphatic rings. The summed E-state index contributed by atoms with van der Waals surface area (Å²) in [6, 6.07) is 1.29. The second-order valence-electron chi connectivity index (χ2n) is 2.99. The molecule has 0 radical (unpaired) electrons. The minimum Gasteiger partial charge on any atom is -0.495 e. The third-order valence-electron chi connectivity index (χ3n) is 2.00. The summed E-state index contributed by atoms with van der Waals surface area (Å²) in [5.41, 5.74) is 5.11. The molecule has 1 aromatic rings. The molecular formula is C9H11F3N2O. The number of nitrogens with zero attached hydrogens (tertiary/aromatic N) is 1. The van der Waals surface area contributed by atoms with Crippen LogP contribution in [0.25, 0.3) is 0 Å². The second kappa shape index (κ2) is 4.48. The Bertz CT molecular complexity index is 327. The molecule has 0 bridgehead atoms. The number of halogens is 3. The van der Waals surface area contributed by atoms with E-state index < -0.39 is 18.6 Å². The van der Waals surface area contributed by atoms with Gasteiger partial charge < -0.3 is 10.5 Å². The Balaban J connectivity index is 3.02. The predicted octanol–water partition coefficient (Wildman–Crippen LogP) is 1.69. The van der Waals surface area contributed by atoms with Crippen LogP contribution in [0.15, 0.2) is 18.5 Å². The van der Waals surface area contributed by atoms with Crippen molar-refractivity contribution in [3.8, 4) is 5.75 Å². The lowest BCUT2D eigenvalue weighted by molar-refractivity contribution is -0.148. The summed E-state index contributed by atoms with van der Waals surface area (Å²) < 4.78 is 42.3. The SMILES string of the molecule is COc1cncc(C(CN)C(F)(F)F)c1. The number of aromatic nitrogens is 1. The van der Waals surface area contributed by atoms with Crippen molar-refractivity contribution in [2.75, 3.05) is 13.7 Å². The van der Waals surface area contributed by atoms with Crippen LogP contribution < -0.4 is 10.5 Å². The molecule has 1 rings (SSSR count). The van der Waals surface area contributed by atoms with Crippen LogP contribution in [0.5, 0.6) is 5.75 Å². The summed E-state index contributed by atoms with van der Waals surface area (Å²) >= 11 is 0. The van der Waals surface area contributed by atoms with Crippen LogP contribution in [0.4, 0.5) is 13.2 Å². The number of ether oxygens (including phenoxy) is 1. The Morgan fingerprint density at radius 2 is 2.13 bits per heavy atom. The van der Waals surface area contributed by atoms with Gasteiger partial charge in [0.2, 0.25) is 0 Å². The first-order chi connectivity index (χ1) is 6.99. The van der Waals surface area contributed by atoms with Crippen molar-refractivity contribution in [3.05, 3.63) is 24.0 Å². The smallest absolute Gasteiger partial charge is 0.397 e. The highest BCUT2D eigenvalue weighted by Crippen LogP contribution is 2.34. The summed E-state index contributed by atoms with van der Waals surface area (Å²) in [5.74, 6) is -1.41. The first-order valence-electron chi connectivity index (χ1n) is 4.24. The van der Waals surface area contributed by atoms with E-state index in [0.29, 0.717) is 0 Å². The quantitative estimate of drug-likeness (QED) is 0.843. The van der Waals surface area contributed by atoms with Crippen molar-refractivity contribution in [2.45, 2.75) is 12.1 Å². The average Bonchev–Trinajstić information content (AvgIpc) is 2.17. The molecule has 1 unspecified atom stereocenters. The van der Waals surface area contributed by atoms with Gasteiger partial charge in [-0.25, -0.2) is 0 Å². The van der Waals surface area contributed by atoms with Crippen molar-refractivity contribution < 1.29 is 17.9 Å². The molecule has 6 heteroatoms. The van der Waals surface area contributed by atoms with Gasteiger partial charge in [-0.05, 0) is 11.6 Å². The third kappa shape index (κ3) is 2.82. The van der Waals surface area contributed by atoms with Crippen molar-refractivity contribution in [1.82, 2.24) is 4.98 Å². The molecule has 0 aromatic carbocycles. The Morgan fingerprint density at radius 3 is 2.60 bits per heavy atom. The van der Waals surface area contributed by atoms with Crippen LogP contribution in [0.2, 0.25) is 0 Å². The van der Waals surface area contributed by atoms with E-state index in [9.17, 15) is 13.2 Å². The predicted molar refractivity (Wildman–Crippen MR) is 48.6 cm³/mol. The van der Waals surface area contributed by atoms with Crippen molar-refractivity contribution in [3.63, 3.8) is 0 Å². The van der Waals surface area contributed by atoms with Crippen molar-refractivity contribution >= 4 is 0 Å². The molecule has 0 amide bonds. The Kier molecular flexibility index (Phi) is 3.52. The Morgan fingerprint density at radius 1 is 1.47 bits per heavy atom.